The molecule has 0 N–H and O–H groups in total. The molecule has 0 spiro atoms. The van der Waals surface area contributed by atoms with E-state index in [2.05, 4.69) is 15.9 Å². The van der Waals surface area contributed by atoms with Crippen LogP contribution in [0.3, 0.4) is 0 Å². The standard InChI is InChI=1S/C6H6N2S/c1-9-6-4-7-2-3-8-5-6/h2,4-5H,1H3. The quantitative estimate of drug-likeness (QED) is 0.538. The van der Waals surface area contributed by atoms with Crippen molar-refractivity contribution in [1.82, 2.24) is 0 Å². The number of thioether (sulfide) groups is 1. The van der Waals surface area contributed by atoms with Gasteiger partial charge in [-0.15, -0.1) is 11.8 Å². The van der Waals surface area contributed by atoms with E-state index in [0.29, 0.717) is 0 Å². The van der Waals surface area contributed by atoms with Crippen molar-refractivity contribution in [3.8, 4) is 0 Å². The van der Waals surface area contributed by atoms with Crippen molar-refractivity contribution in [2.24, 2.45) is 9.98 Å². The van der Waals surface area contributed by atoms with Crippen LogP contribution in [0.25, 0.3) is 0 Å². The Hall–Kier alpha value is -0.790. The second-order valence-electron chi connectivity index (χ2n) is 1.40. The van der Waals surface area contributed by atoms with Crippen LogP contribution in [0, 0.1) is 0 Å². The molecule has 0 aliphatic carbocycles. The fourth-order valence-electron chi connectivity index (χ4n) is 0.417. The van der Waals surface area contributed by atoms with Gasteiger partial charge in [0.05, 0.1) is 12.4 Å². The Bertz CT molecular complexity index is 209. The van der Waals surface area contributed by atoms with Crippen LogP contribution < -0.4 is 0 Å². The van der Waals surface area contributed by atoms with Gasteiger partial charge in [0.2, 0.25) is 0 Å². The molecule has 1 aliphatic heterocycles. The van der Waals surface area contributed by atoms with Gasteiger partial charge in [-0.2, -0.15) is 0 Å². The smallest absolute Gasteiger partial charge is 0.0882 e. The number of nitrogens with zero attached hydrogens (tertiary/aromatic N) is 2. The van der Waals surface area contributed by atoms with E-state index >= 15 is 0 Å². The molecule has 0 aromatic rings. The van der Waals surface area contributed by atoms with Gasteiger partial charge in [-0.25, -0.2) is 4.99 Å². The minimum atomic E-state index is 1.05. The van der Waals surface area contributed by atoms with Gasteiger partial charge in [0.25, 0.3) is 0 Å². The van der Waals surface area contributed by atoms with Crippen LogP contribution in [0.2, 0.25) is 0 Å². The summed E-state index contributed by atoms with van der Waals surface area (Å²) < 4.78 is 0. The molecule has 0 bridgehead atoms. The highest BCUT2D eigenvalue weighted by atomic mass is 32.2. The van der Waals surface area contributed by atoms with Gasteiger partial charge in [0, 0.05) is 17.0 Å². The maximum atomic E-state index is 3.88. The van der Waals surface area contributed by atoms with Crippen molar-refractivity contribution in [3.05, 3.63) is 17.3 Å². The molecule has 0 atom stereocenters. The zero-order valence-corrected chi connectivity index (χ0v) is 5.85. The monoisotopic (exact) mass is 138 g/mol. The lowest BCUT2D eigenvalue weighted by Crippen LogP contribution is -1.72. The highest BCUT2D eigenvalue weighted by molar-refractivity contribution is 8.03. The summed E-state index contributed by atoms with van der Waals surface area (Å²) in [6.07, 6.45) is 7.02. The fraction of sp³-hybridized carbons (Fsp3) is 0.167. The maximum Gasteiger partial charge on any atom is 0.0882 e. The Labute approximate surface area is 58.1 Å². The predicted octanol–water partition coefficient (Wildman–Crippen LogP) is 1.46. The Balaban J connectivity index is 2.78. The van der Waals surface area contributed by atoms with Crippen LogP contribution >= 0.6 is 11.8 Å². The van der Waals surface area contributed by atoms with Crippen molar-refractivity contribution in [2.75, 3.05) is 6.26 Å². The SMILES string of the molecule is CSC1=CN=C=CN=C1. The van der Waals surface area contributed by atoms with Crippen molar-refractivity contribution < 1.29 is 0 Å². The lowest BCUT2D eigenvalue weighted by molar-refractivity contribution is 1.62. The van der Waals surface area contributed by atoms with E-state index in [1.807, 2.05) is 6.26 Å². The average molecular weight is 138 g/mol. The topological polar surface area (TPSA) is 24.7 Å². The summed E-state index contributed by atoms with van der Waals surface area (Å²) in [7, 11) is 0. The van der Waals surface area contributed by atoms with E-state index in [1.54, 1.807) is 30.4 Å². The molecule has 0 saturated heterocycles. The van der Waals surface area contributed by atoms with Crippen molar-refractivity contribution in [1.29, 1.82) is 0 Å². The summed E-state index contributed by atoms with van der Waals surface area (Å²) >= 11 is 1.62. The number of hydrogen-bond acceptors (Lipinski definition) is 3. The van der Waals surface area contributed by atoms with Crippen molar-refractivity contribution >= 4 is 23.8 Å². The molecule has 0 aromatic heterocycles. The lowest BCUT2D eigenvalue weighted by atomic mass is 10.6. The number of allylic oxidation sites excluding steroid dienone is 1. The van der Waals surface area contributed by atoms with Gasteiger partial charge < -0.3 is 0 Å². The molecule has 3 heteroatoms. The molecule has 1 aliphatic rings. The number of hydrogen-bond donors (Lipinski definition) is 0. The van der Waals surface area contributed by atoms with Crippen molar-refractivity contribution in [2.45, 2.75) is 0 Å². The van der Waals surface area contributed by atoms with Crippen LogP contribution in [0.4, 0.5) is 0 Å². The molecule has 0 aromatic carbocycles. The summed E-state index contributed by atoms with van der Waals surface area (Å²) in [5, 5.41) is 0. The van der Waals surface area contributed by atoms with E-state index in [-0.39, 0.29) is 0 Å². The molecular formula is C6H6N2S. The zero-order valence-electron chi connectivity index (χ0n) is 5.03. The molecule has 2 nitrogen and oxygen atoms in total. The van der Waals surface area contributed by atoms with E-state index in [4.69, 9.17) is 0 Å². The van der Waals surface area contributed by atoms with Crippen LogP contribution in [0.15, 0.2) is 27.3 Å². The highest BCUT2D eigenvalue weighted by Crippen LogP contribution is 2.08. The second kappa shape index (κ2) is 3.28. The molecule has 0 radical (unpaired) electrons. The van der Waals surface area contributed by atoms with Crippen LogP contribution in [0.5, 0.6) is 0 Å². The fourth-order valence-corrected chi connectivity index (χ4v) is 0.741. The van der Waals surface area contributed by atoms with Gasteiger partial charge in [-0.05, 0) is 6.26 Å². The summed E-state index contributed by atoms with van der Waals surface area (Å²) in [6, 6.07) is 0. The van der Waals surface area contributed by atoms with Gasteiger partial charge in [-0.1, -0.05) is 0 Å². The van der Waals surface area contributed by atoms with Gasteiger partial charge >= 0.3 is 0 Å². The molecule has 9 heavy (non-hydrogen) atoms. The second-order valence-corrected chi connectivity index (χ2v) is 2.28. The molecular weight excluding hydrogens is 132 g/mol. The summed E-state index contributed by atoms with van der Waals surface area (Å²) in [6.45, 7) is 0. The number of aliphatic imine (C=N–C) groups is 2. The third-order valence-electron chi connectivity index (χ3n) is 0.836. The molecule has 1 rings (SSSR count). The van der Waals surface area contributed by atoms with Crippen LogP contribution in [-0.4, -0.2) is 18.3 Å². The summed E-state index contributed by atoms with van der Waals surface area (Å²) in [5.41, 5.74) is 0. The Morgan fingerprint density at radius 1 is 1.67 bits per heavy atom. The first kappa shape index (κ1) is 6.33. The first-order valence-electron chi connectivity index (χ1n) is 2.48. The highest BCUT2D eigenvalue weighted by Gasteiger charge is 1.87. The predicted molar refractivity (Wildman–Crippen MR) is 42.1 cm³/mol. The van der Waals surface area contributed by atoms with Crippen LogP contribution in [0.1, 0.15) is 0 Å². The van der Waals surface area contributed by atoms with E-state index in [0.717, 1.165) is 4.91 Å². The molecule has 0 fully saturated rings. The third kappa shape index (κ3) is 1.88. The third-order valence-corrected chi connectivity index (χ3v) is 1.52. The lowest BCUT2D eigenvalue weighted by Gasteiger charge is -1.86. The molecule has 0 amide bonds. The zero-order chi connectivity index (χ0) is 6.53. The van der Waals surface area contributed by atoms with Gasteiger partial charge in [0.15, 0.2) is 0 Å². The Morgan fingerprint density at radius 2 is 2.56 bits per heavy atom. The minimum absolute atomic E-state index is 1.05. The summed E-state index contributed by atoms with van der Waals surface area (Å²) in [4.78, 5) is 8.74. The minimum Gasteiger partial charge on any atom is -0.254 e. The number of rotatable bonds is 1. The first-order valence-corrected chi connectivity index (χ1v) is 3.70. The molecule has 46 valence electrons. The largest absolute Gasteiger partial charge is 0.254 e. The van der Waals surface area contributed by atoms with Crippen molar-refractivity contribution in [3.63, 3.8) is 0 Å². The van der Waals surface area contributed by atoms with Crippen LogP contribution in [-0.2, 0) is 0 Å². The van der Waals surface area contributed by atoms with E-state index < -0.39 is 0 Å². The van der Waals surface area contributed by atoms with Gasteiger partial charge in [0.1, 0.15) is 0 Å². The molecule has 0 saturated carbocycles. The Morgan fingerprint density at radius 3 is 3.33 bits per heavy atom. The first-order chi connectivity index (χ1) is 4.43. The van der Waals surface area contributed by atoms with E-state index in [1.165, 1.54) is 0 Å². The summed E-state index contributed by atoms with van der Waals surface area (Å²) in [5.74, 6) is 2.62. The average Bonchev–Trinajstić information content (AvgIpc) is 2.13. The molecule has 1 heterocycles. The maximum absolute atomic E-state index is 3.88. The normalized spacial score (nSPS) is 15.4. The van der Waals surface area contributed by atoms with Gasteiger partial charge in [-0.3, -0.25) is 4.99 Å². The Kier molecular flexibility index (Phi) is 2.31. The van der Waals surface area contributed by atoms with E-state index in [9.17, 15) is 0 Å². The molecule has 0 unspecified atom stereocenters.